The Morgan fingerprint density at radius 2 is 2.11 bits per heavy atom. The minimum Gasteiger partial charge on any atom is -0.306 e. The lowest BCUT2D eigenvalue weighted by molar-refractivity contribution is 0.262. The highest BCUT2D eigenvalue weighted by atomic mass is 35.5. The maximum Gasteiger partial charge on any atom is 0.325 e. The van der Waals surface area contributed by atoms with E-state index in [2.05, 4.69) is 20.8 Å². The number of hydrogen-bond acceptors (Lipinski definition) is 4. The number of carbonyl (C=O) groups excluding carboxylic acids is 1. The highest BCUT2D eigenvalue weighted by molar-refractivity contribution is 7.15. The van der Waals surface area contributed by atoms with Gasteiger partial charge in [-0.1, -0.05) is 41.5 Å². The number of hydrogen-bond donors (Lipinski definition) is 2. The average Bonchev–Trinajstić information content (AvgIpc) is 2.80. The van der Waals surface area contributed by atoms with Crippen molar-refractivity contribution >= 4 is 51.4 Å². The minimum absolute atomic E-state index is 0.370. The molecule has 100 valence electrons. The van der Waals surface area contributed by atoms with Crippen LogP contribution in [-0.2, 0) is 6.42 Å². The molecule has 0 atom stereocenters. The van der Waals surface area contributed by atoms with Crippen molar-refractivity contribution in [1.82, 2.24) is 10.2 Å². The summed E-state index contributed by atoms with van der Waals surface area (Å²) in [6.45, 7) is 1.97. The van der Waals surface area contributed by atoms with Gasteiger partial charge in [-0.2, -0.15) is 0 Å². The van der Waals surface area contributed by atoms with Crippen LogP contribution in [-0.4, -0.2) is 16.2 Å². The van der Waals surface area contributed by atoms with Gasteiger partial charge in [0.1, 0.15) is 5.01 Å². The topological polar surface area (TPSA) is 66.9 Å². The molecule has 5 nitrogen and oxygen atoms in total. The van der Waals surface area contributed by atoms with Crippen molar-refractivity contribution in [2.24, 2.45) is 0 Å². The molecule has 2 aromatic rings. The van der Waals surface area contributed by atoms with Gasteiger partial charge < -0.3 is 5.32 Å². The summed E-state index contributed by atoms with van der Waals surface area (Å²) in [7, 11) is 0. The Morgan fingerprint density at radius 1 is 1.32 bits per heavy atom. The maximum atomic E-state index is 11.7. The van der Waals surface area contributed by atoms with E-state index in [4.69, 9.17) is 23.2 Å². The lowest BCUT2D eigenvalue weighted by Gasteiger charge is -2.07. The van der Waals surface area contributed by atoms with Gasteiger partial charge in [-0.15, -0.1) is 10.2 Å². The number of carbonyl (C=O) groups is 1. The van der Waals surface area contributed by atoms with Crippen molar-refractivity contribution < 1.29 is 4.79 Å². The van der Waals surface area contributed by atoms with Crippen molar-refractivity contribution in [2.75, 3.05) is 10.6 Å². The van der Waals surface area contributed by atoms with E-state index in [0.29, 0.717) is 20.9 Å². The Kier molecular flexibility index (Phi) is 4.57. The van der Waals surface area contributed by atoms with Crippen LogP contribution in [0.5, 0.6) is 0 Å². The standard InChI is InChI=1S/C11H10Cl2N4OS/c1-2-9-16-17-11(19-9)15-10(18)14-8-4-3-6(12)5-7(8)13/h3-5H,2H2,1H3,(H2,14,15,17,18). The second-order valence-electron chi connectivity index (χ2n) is 3.56. The van der Waals surface area contributed by atoms with E-state index in [-0.39, 0.29) is 0 Å². The molecule has 0 unspecified atom stereocenters. The maximum absolute atomic E-state index is 11.7. The third-order valence-corrected chi connectivity index (χ3v) is 3.70. The van der Waals surface area contributed by atoms with Crippen LogP contribution < -0.4 is 10.6 Å². The third kappa shape index (κ3) is 3.79. The van der Waals surface area contributed by atoms with E-state index in [9.17, 15) is 4.79 Å². The Labute approximate surface area is 123 Å². The zero-order valence-electron chi connectivity index (χ0n) is 9.91. The summed E-state index contributed by atoms with van der Waals surface area (Å²) in [6, 6.07) is 4.40. The van der Waals surface area contributed by atoms with Gasteiger partial charge in [0.25, 0.3) is 0 Å². The number of halogens is 2. The summed E-state index contributed by atoms with van der Waals surface area (Å²) < 4.78 is 0. The second-order valence-corrected chi connectivity index (χ2v) is 5.46. The summed E-state index contributed by atoms with van der Waals surface area (Å²) >= 11 is 13.1. The van der Waals surface area contributed by atoms with Gasteiger partial charge in [0.2, 0.25) is 5.13 Å². The van der Waals surface area contributed by atoms with Crippen molar-refractivity contribution in [3.8, 4) is 0 Å². The van der Waals surface area contributed by atoms with Crippen LogP contribution in [0.15, 0.2) is 18.2 Å². The number of amides is 2. The number of rotatable bonds is 3. The highest BCUT2D eigenvalue weighted by Crippen LogP contribution is 2.25. The van der Waals surface area contributed by atoms with Crippen LogP contribution in [0.3, 0.4) is 0 Å². The average molecular weight is 317 g/mol. The molecular weight excluding hydrogens is 307 g/mol. The monoisotopic (exact) mass is 316 g/mol. The summed E-state index contributed by atoms with van der Waals surface area (Å²) in [6.07, 6.45) is 0.782. The normalized spacial score (nSPS) is 10.3. The Balaban J connectivity index is 2.01. The molecule has 2 amide bonds. The number of aromatic nitrogens is 2. The van der Waals surface area contributed by atoms with Crippen molar-refractivity contribution in [3.05, 3.63) is 33.3 Å². The second kappa shape index (κ2) is 6.18. The van der Waals surface area contributed by atoms with Gasteiger partial charge >= 0.3 is 6.03 Å². The molecule has 1 aromatic heterocycles. The number of nitrogens with one attached hydrogen (secondary N) is 2. The van der Waals surface area contributed by atoms with Crippen LogP contribution >= 0.6 is 34.5 Å². The first-order valence-electron chi connectivity index (χ1n) is 5.44. The van der Waals surface area contributed by atoms with Gasteiger partial charge in [0, 0.05) is 5.02 Å². The Morgan fingerprint density at radius 3 is 2.74 bits per heavy atom. The van der Waals surface area contributed by atoms with Crippen molar-refractivity contribution in [1.29, 1.82) is 0 Å². The van der Waals surface area contributed by atoms with Gasteiger partial charge in [0.15, 0.2) is 0 Å². The fourth-order valence-electron chi connectivity index (χ4n) is 1.29. The van der Waals surface area contributed by atoms with E-state index in [0.717, 1.165) is 11.4 Å². The molecule has 8 heteroatoms. The van der Waals surface area contributed by atoms with E-state index >= 15 is 0 Å². The van der Waals surface area contributed by atoms with Crippen LogP contribution in [0.4, 0.5) is 15.6 Å². The number of aryl methyl sites for hydroxylation is 1. The minimum atomic E-state index is -0.428. The fourth-order valence-corrected chi connectivity index (χ4v) is 2.42. The van der Waals surface area contributed by atoms with Crippen molar-refractivity contribution in [3.63, 3.8) is 0 Å². The number of nitrogens with zero attached hydrogens (tertiary/aromatic N) is 2. The molecule has 2 rings (SSSR count). The molecule has 0 aliphatic rings. The smallest absolute Gasteiger partial charge is 0.306 e. The lowest BCUT2D eigenvalue weighted by atomic mass is 10.3. The largest absolute Gasteiger partial charge is 0.325 e. The Bertz CT molecular complexity index is 602. The predicted octanol–water partition coefficient (Wildman–Crippen LogP) is 4.05. The molecule has 2 N–H and O–H groups in total. The summed E-state index contributed by atoms with van der Waals surface area (Å²) in [5.74, 6) is 0. The molecule has 0 spiro atoms. The van der Waals surface area contributed by atoms with Crippen LogP contribution in [0.25, 0.3) is 0 Å². The molecule has 0 bridgehead atoms. The molecule has 0 radical (unpaired) electrons. The number of urea groups is 1. The first kappa shape index (κ1) is 14.0. The quantitative estimate of drug-likeness (QED) is 0.897. The zero-order chi connectivity index (χ0) is 13.8. The molecule has 0 saturated heterocycles. The van der Waals surface area contributed by atoms with Crippen LogP contribution in [0, 0.1) is 0 Å². The van der Waals surface area contributed by atoms with Gasteiger partial charge in [0.05, 0.1) is 10.7 Å². The van der Waals surface area contributed by atoms with E-state index in [1.54, 1.807) is 18.2 Å². The lowest BCUT2D eigenvalue weighted by Crippen LogP contribution is -2.19. The van der Waals surface area contributed by atoms with Gasteiger partial charge in [-0.25, -0.2) is 4.79 Å². The fraction of sp³-hybridized carbons (Fsp3) is 0.182. The predicted molar refractivity (Wildman–Crippen MR) is 78.4 cm³/mol. The van der Waals surface area contributed by atoms with E-state index in [1.165, 1.54) is 11.3 Å². The molecule has 1 aromatic carbocycles. The first-order valence-corrected chi connectivity index (χ1v) is 7.01. The molecule has 0 fully saturated rings. The molecule has 19 heavy (non-hydrogen) atoms. The van der Waals surface area contributed by atoms with Crippen LogP contribution in [0.1, 0.15) is 11.9 Å². The molecule has 0 saturated carbocycles. The van der Waals surface area contributed by atoms with Gasteiger partial charge in [-0.3, -0.25) is 5.32 Å². The number of benzene rings is 1. The SMILES string of the molecule is CCc1nnc(NC(=O)Nc2ccc(Cl)cc2Cl)s1. The first-order chi connectivity index (χ1) is 9.08. The molecular formula is C11H10Cl2N4OS. The number of anilines is 2. The molecule has 1 heterocycles. The van der Waals surface area contributed by atoms with Crippen LogP contribution in [0.2, 0.25) is 10.0 Å². The highest BCUT2D eigenvalue weighted by Gasteiger charge is 2.09. The Hall–Kier alpha value is -1.37. The summed E-state index contributed by atoms with van der Waals surface area (Å²) in [5, 5.41) is 15.1. The molecule has 0 aliphatic carbocycles. The van der Waals surface area contributed by atoms with E-state index < -0.39 is 6.03 Å². The van der Waals surface area contributed by atoms with E-state index in [1.807, 2.05) is 6.92 Å². The van der Waals surface area contributed by atoms with Gasteiger partial charge in [-0.05, 0) is 24.6 Å². The third-order valence-electron chi connectivity index (χ3n) is 2.17. The van der Waals surface area contributed by atoms with Crippen molar-refractivity contribution in [2.45, 2.75) is 13.3 Å². The zero-order valence-corrected chi connectivity index (χ0v) is 12.2. The summed E-state index contributed by atoms with van der Waals surface area (Å²) in [4.78, 5) is 11.7. The summed E-state index contributed by atoms with van der Waals surface area (Å²) in [5.41, 5.74) is 0.476. The molecule has 0 aliphatic heterocycles.